The van der Waals surface area contributed by atoms with E-state index in [4.69, 9.17) is 9.47 Å². The Morgan fingerprint density at radius 1 is 0.808 bits per heavy atom. The molecule has 0 saturated carbocycles. The minimum absolute atomic E-state index is 0.123. The van der Waals surface area contributed by atoms with Crippen LogP contribution in [0.25, 0.3) is 0 Å². The first-order chi connectivity index (χ1) is 12.7. The van der Waals surface area contributed by atoms with Gasteiger partial charge in [0, 0.05) is 0 Å². The van der Waals surface area contributed by atoms with Gasteiger partial charge >= 0.3 is 0 Å². The SMILES string of the molecule is CCOc1ccc(OCc2ccc(CC/C=C\CCF)cc2)c(F)c1F. The predicted molar refractivity (Wildman–Crippen MR) is 96.4 cm³/mol. The number of hydrogen-bond donors (Lipinski definition) is 0. The van der Waals surface area contributed by atoms with E-state index in [1.165, 1.54) is 12.1 Å². The van der Waals surface area contributed by atoms with Crippen molar-refractivity contribution in [1.82, 2.24) is 0 Å². The van der Waals surface area contributed by atoms with Gasteiger partial charge in [0.2, 0.25) is 11.6 Å². The normalized spacial score (nSPS) is 11.1. The van der Waals surface area contributed by atoms with Crippen molar-refractivity contribution >= 4 is 0 Å². The molecule has 2 aromatic rings. The Morgan fingerprint density at radius 3 is 2.00 bits per heavy atom. The molecule has 0 atom stereocenters. The van der Waals surface area contributed by atoms with Crippen LogP contribution in [0.2, 0.25) is 0 Å². The molecule has 0 heterocycles. The summed E-state index contributed by atoms with van der Waals surface area (Å²) in [6, 6.07) is 10.4. The number of hydrogen-bond acceptors (Lipinski definition) is 2. The van der Waals surface area contributed by atoms with Gasteiger partial charge in [0.25, 0.3) is 0 Å². The third-order valence-electron chi connectivity index (χ3n) is 3.77. The Kier molecular flexibility index (Phi) is 8.06. The molecule has 5 heteroatoms. The maximum absolute atomic E-state index is 14.0. The van der Waals surface area contributed by atoms with Crippen LogP contribution in [0.5, 0.6) is 11.5 Å². The zero-order chi connectivity index (χ0) is 18.8. The van der Waals surface area contributed by atoms with Crippen LogP contribution in [0.1, 0.15) is 30.9 Å². The fourth-order valence-electron chi connectivity index (χ4n) is 2.40. The van der Waals surface area contributed by atoms with Crippen LogP contribution in [0.4, 0.5) is 13.2 Å². The van der Waals surface area contributed by atoms with E-state index in [0.717, 1.165) is 24.0 Å². The molecule has 140 valence electrons. The van der Waals surface area contributed by atoms with Gasteiger partial charge in [0.1, 0.15) is 6.61 Å². The van der Waals surface area contributed by atoms with Crippen molar-refractivity contribution in [3.8, 4) is 11.5 Å². The van der Waals surface area contributed by atoms with E-state index >= 15 is 0 Å². The van der Waals surface area contributed by atoms with E-state index in [-0.39, 0.29) is 31.4 Å². The Bertz CT molecular complexity index is 712. The quantitative estimate of drug-likeness (QED) is 0.497. The largest absolute Gasteiger partial charge is 0.491 e. The van der Waals surface area contributed by atoms with Crippen molar-refractivity contribution in [3.63, 3.8) is 0 Å². The molecule has 0 aromatic heterocycles. The number of rotatable bonds is 10. The predicted octanol–water partition coefficient (Wildman–Crippen LogP) is 5.79. The van der Waals surface area contributed by atoms with Gasteiger partial charge < -0.3 is 9.47 Å². The summed E-state index contributed by atoms with van der Waals surface area (Å²) in [5, 5.41) is 0. The van der Waals surface area contributed by atoms with Gasteiger partial charge in [0.05, 0.1) is 13.3 Å². The van der Waals surface area contributed by atoms with Crippen molar-refractivity contribution < 1.29 is 22.6 Å². The summed E-state index contributed by atoms with van der Waals surface area (Å²) in [7, 11) is 0. The summed E-state index contributed by atoms with van der Waals surface area (Å²) >= 11 is 0. The fourth-order valence-corrected chi connectivity index (χ4v) is 2.40. The molecule has 0 bridgehead atoms. The summed E-state index contributed by atoms with van der Waals surface area (Å²) in [6.45, 7) is 1.77. The number of aryl methyl sites for hydroxylation is 1. The van der Waals surface area contributed by atoms with E-state index in [9.17, 15) is 13.2 Å². The molecular formula is C21H23F3O2. The monoisotopic (exact) mass is 364 g/mol. The van der Waals surface area contributed by atoms with E-state index in [2.05, 4.69) is 0 Å². The summed E-state index contributed by atoms with van der Waals surface area (Å²) in [4.78, 5) is 0. The first-order valence-corrected chi connectivity index (χ1v) is 8.68. The highest BCUT2D eigenvalue weighted by molar-refractivity contribution is 5.35. The third-order valence-corrected chi connectivity index (χ3v) is 3.77. The minimum Gasteiger partial charge on any atom is -0.491 e. The van der Waals surface area contributed by atoms with Crippen molar-refractivity contribution in [2.75, 3.05) is 13.3 Å². The van der Waals surface area contributed by atoms with Crippen LogP contribution in [0.15, 0.2) is 48.6 Å². The Labute approximate surface area is 152 Å². The van der Waals surface area contributed by atoms with Crippen LogP contribution in [0.3, 0.4) is 0 Å². The summed E-state index contributed by atoms with van der Waals surface area (Å²) in [6.07, 6.45) is 5.99. The molecule has 0 unspecified atom stereocenters. The summed E-state index contributed by atoms with van der Waals surface area (Å²) in [5.41, 5.74) is 2.01. The molecule has 0 saturated heterocycles. The highest BCUT2D eigenvalue weighted by Gasteiger charge is 2.15. The summed E-state index contributed by atoms with van der Waals surface area (Å²) in [5.74, 6) is -2.36. The average Bonchev–Trinajstić information content (AvgIpc) is 2.66. The molecule has 0 fully saturated rings. The second-order valence-electron chi connectivity index (χ2n) is 5.72. The Hall–Kier alpha value is -2.43. The molecule has 0 N–H and O–H groups in total. The van der Waals surface area contributed by atoms with Crippen LogP contribution in [-0.2, 0) is 13.0 Å². The van der Waals surface area contributed by atoms with Gasteiger partial charge in [0.15, 0.2) is 11.5 Å². The average molecular weight is 364 g/mol. The molecule has 2 rings (SSSR count). The lowest BCUT2D eigenvalue weighted by atomic mass is 10.1. The standard InChI is InChI=1S/C21H23F3O2/c1-2-25-18-12-13-19(21(24)20(18)23)26-15-17-10-8-16(9-11-17)7-5-3-4-6-14-22/h3-4,8-13H,2,5-7,14-15H2,1H3/b4-3-. The van der Waals surface area contributed by atoms with E-state index in [1.54, 1.807) is 6.92 Å². The Morgan fingerprint density at radius 2 is 1.38 bits per heavy atom. The molecule has 0 spiro atoms. The summed E-state index contributed by atoms with van der Waals surface area (Å²) < 4.78 is 50.2. The lowest BCUT2D eigenvalue weighted by Crippen LogP contribution is -2.02. The lowest BCUT2D eigenvalue weighted by Gasteiger charge is -2.11. The topological polar surface area (TPSA) is 18.5 Å². The van der Waals surface area contributed by atoms with Crippen LogP contribution in [0, 0.1) is 11.6 Å². The highest BCUT2D eigenvalue weighted by atomic mass is 19.2. The molecule has 2 nitrogen and oxygen atoms in total. The first-order valence-electron chi connectivity index (χ1n) is 8.68. The molecule has 26 heavy (non-hydrogen) atoms. The third kappa shape index (κ3) is 5.83. The molecular weight excluding hydrogens is 341 g/mol. The molecule has 0 aliphatic rings. The van der Waals surface area contributed by atoms with Gasteiger partial charge in [-0.15, -0.1) is 0 Å². The highest BCUT2D eigenvalue weighted by Crippen LogP contribution is 2.28. The molecule has 0 amide bonds. The second-order valence-corrected chi connectivity index (χ2v) is 5.72. The smallest absolute Gasteiger partial charge is 0.204 e. The van der Waals surface area contributed by atoms with Crippen molar-refractivity contribution in [1.29, 1.82) is 0 Å². The maximum atomic E-state index is 14.0. The lowest BCUT2D eigenvalue weighted by molar-refractivity contribution is 0.274. The van der Waals surface area contributed by atoms with Crippen LogP contribution < -0.4 is 9.47 Å². The molecule has 0 aliphatic carbocycles. The first kappa shape index (κ1) is 19.9. The zero-order valence-electron chi connectivity index (χ0n) is 14.8. The van der Waals surface area contributed by atoms with Crippen LogP contribution >= 0.6 is 0 Å². The number of ether oxygens (including phenoxy) is 2. The van der Waals surface area contributed by atoms with Crippen molar-refractivity contribution in [2.24, 2.45) is 0 Å². The second kappa shape index (κ2) is 10.5. The van der Waals surface area contributed by atoms with Crippen molar-refractivity contribution in [2.45, 2.75) is 32.8 Å². The zero-order valence-corrected chi connectivity index (χ0v) is 14.8. The van der Waals surface area contributed by atoms with E-state index in [0.29, 0.717) is 6.42 Å². The molecule has 2 aromatic carbocycles. The van der Waals surface area contributed by atoms with Gasteiger partial charge in [-0.1, -0.05) is 36.4 Å². The Balaban J connectivity index is 1.89. The number of benzene rings is 2. The van der Waals surface area contributed by atoms with Gasteiger partial charge in [-0.3, -0.25) is 4.39 Å². The van der Waals surface area contributed by atoms with Crippen molar-refractivity contribution in [3.05, 3.63) is 71.3 Å². The maximum Gasteiger partial charge on any atom is 0.204 e. The van der Waals surface area contributed by atoms with Gasteiger partial charge in [-0.05, 0) is 49.4 Å². The minimum atomic E-state index is -1.05. The number of allylic oxidation sites excluding steroid dienone is 2. The number of alkyl halides is 1. The van der Waals surface area contributed by atoms with Gasteiger partial charge in [-0.25, -0.2) is 0 Å². The van der Waals surface area contributed by atoms with E-state index < -0.39 is 11.6 Å². The van der Waals surface area contributed by atoms with E-state index in [1.807, 2.05) is 36.4 Å². The molecule has 0 aliphatic heterocycles. The molecule has 0 radical (unpaired) electrons. The van der Waals surface area contributed by atoms with Crippen LogP contribution in [-0.4, -0.2) is 13.3 Å². The number of halogens is 3. The fraction of sp³-hybridized carbons (Fsp3) is 0.333. The van der Waals surface area contributed by atoms with Gasteiger partial charge in [-0.2, -0.15) is 8.78 Å².